The molecule has 0 saturated carbocycles. The smallest absolute Gasteiger partial charge is 0.248 e. The third-order valence-corrected chi connectivity index (χ3v) is 4.05. The standard InChI is InChI=1S/C14H14N2O2S/c15-12-4-6-13(7-5-12)19(18)9-10-2-1-3-11(8-10)14(16)17/h1-8H,9,15H2,(H2,16,17). The Hall–Kier alpha value is -2.14. The molecule has 1 amide bonds. The van der Waals surface area contributed by atoms with E-state index in [0.717, 1.165) is 5.56 Å². The van der Waals surface area contributed by atoms with Gasteiger partial charge in [0.2, 0.25) is 5.91 Å². The van der Waals surface area contributed by atoms with Gasteiger partial charge in [-0.2, -0.15) is 0 Å². The summed E-state index contributed by atoms with van der Waals surface area (Å²) in [4.78, 5) is 11.8. The molecule has 98 valence electrons. The maximum atomic E-state index is 12.2. The molecule has 0 heterocycles. The van der Waals surface area contributed by atoms with E-state index in [1.807, 2.05) is 6.07 Å². The molecule has 0 saturated heterocycles. The molecule has 19 heavy (non-hydrogen) atoms. The van der Waals surface area contributed by atoms with Gasteiger partial charge in [-0.05, 0) is 42.0 Å². The van der Waals surface area contributed by atoms with E-state index < -0.39 is 16.7 Å². The Morgan fingerprint density at radius 2 is 1.79 bits per heavy atom. The van der Waals surface area contributed by atoms with Crippen LogP contribution in [0.4, 0.5) is 5.69 Å². The van der Waals surface area contributed by atoms with E-state index in [9.17, 15) is 9.00 Å². The van der Waals surface area contributed by atoms with E-state index in [1.54, 1.807) is 42.5 Å². The van der Waals surface area contributed by atoms with Gasteiger partial charge in [0.15, 0.2) is 0 Å². The molecule has 1 unspecified atom stereocenters. The number of hydrogen-bond acceptors (Lipinski definition) is 3. The first kappa shape index (κ1) is 13.3. The minimum atomic E-state index is -1.17. The summed E-state index contributed by atoms with van der Waals surface area (Å²) in [7, 11) is -1.17. The average Bonchev–Trinajstić information content (AvgIpc) is 2.39. The molecule has 4 nitrogen and oxygen atoms in total. The maximum absolute atomic E-state index is 12.2. The van der Waals surface area contributed by atoms with Gasteiger partial charge in [0.05, 0.1) is 16.6 Å². The van der Waals surface area contributed by atoms with Gasteiger partial charge in [-0.1, -0.05) is 12.1 Å². The van der Waals surface area contributed by atoms with Crippen molar-refractivity contribution in [2.75, 3.05) is 5.73 Å². The third-order valence-electron chi connectivity index (χ3n) is 2.65. The zero-order chi connectivity index (χ0) is 13.8. The summed E-state index contributed by atoms with van der Waals surface area (Å²) in [5.74, 6) is -0.148. The second kappa shape index (κ2) is 5.67. The van der Waals surface area contributed by atoms with Crippen LogP contribution in [0.3, 0.4) is 0 Å². The Labute approximate surface area is 113 Å². The third kappa shape index (κ3) is 3.42. The molecule has 2 rings (SSSR count). The maximum Gasteiger partial charge on any atom is 0.248 e. The van der Waals surface area contributed by atoms with E-state index in [2.05, 4.69) is 0 Å². The van der Waals surface area contributed by atoms with Crippen molar-refractivity contribution in [3.05, 3.63) is 59.7 Å². The lowest BCUT2D eigenvalue weighted by Crippen LogP contribution is -2.11. The molecule has 5 heteroatoms. The van der Waals surface area contributed by atoms with Crippen molar-refractivity contribution in [1.29, 1.82) is 0 Å². The molecule has 0 bridgehead atoms. The van der Waals surface area contributed by atoms with Crippen LogP contribution < -0.4 is 11.5 Å². The normalized spacial score (nSPS) is 12.0. The molecular formula is C14H14N2O2S. The summed E-state index contributed by atoms with van der Waals surface area (Å²) >= 11 is 0. The molecular weight excluding hydrogens is 260 g/mol. The molecule has 2 aromatic carbocycles. The summed E-state index contributed by atoms with van der Waals surface area (Å²) in [6.45, 7) is 0. The molecule has 0 aliphatic heterocycles. The molecule has 2 aromatic rings. The second-order valence-corrected chi connectivity index (χ2v) is 5.57. The highest BCUT2D eigenvalue weighted by atomic mass is 32.2. The molecule has 0 aliphatic rings. The van der Waals surface area contributed by atoms with Crippen LogP contribution in [0.15, 0.2) is 53.4 Å². The largest absolute Gasteiger partial charge is 0.399 e. The minimum absolute atomic E-state index is 0.338. The van der Waals surface area contributed by atoms with Gasteiger partial charge in [0.1, 0.15) is 0 Å². The average molecular weight is 274 g/mol. The summed E-state index contributed by atoms with van der Waals surface area (Å²) < 4.78 is 12.2. The minimum Gasteiger partial charge on any atom is -0.399 e. The van der Waals surface area contributed by atoms with Crippen molar-refractivity contribution in [1.82, 2.24) is 0 Å². The van der Waals surface area contributed by atoms with E-state index in [4.69, 9.17) is 11.5 Å². The number of hydrogen-bond donors (Lipinski definition) is 2. The van der Waals surface area contributed by atoms with Crippen molar-refractivity contribution in [2.24, 2.45) is 5.73 Å². The molecule has 0 radical (unpaired) electrons. The number of nitrogen functional groups attached to an aromatic ring is 1. The highest BCUT2D eigenvalue weighted by Gasteiger charge is 2.07. The van der Waals surface area contributed by atoms with Crippen LogP contribution in [0.2, 0.25) is 0 Å². The first-order chi connectivity index (χ1) is 9.06. The Balaban J connectivity index is 2.17. The molecule has 0 fully saturated rings. The SMILES string of the molecule is NC(=O)c1cccc(CS(=O)c2ccc(N)cc2)c1. The van der Waals surface area contributed by atoms with Gasteiger partial charge >= 0.3 is 0 Å². The highest BCUT2D eigenvalue weighted by Crippen LogP contribution is 2.15. The Morgan fingerprint density at radius 3 is 2.42 bits per heavy atom. The summed E-state index contributed by atoms with van der Waals surface area (Å²) in [6.07, 6.45) is 0. The number of anilines is 1. The first-order valence-corrected chi connectivity index (χ1v) is 7.01. The van der Waals surface area contributed by atoms with E-state index in [-0.39, 0.29) is 0 Å². The van der Waals surface area contributed by atoms with Gasteiger partial charge in [-0.15, -0.1) is 0 Å². The lowest BCUT2D eigenvalue weighted by atomic mass is 10.1. The lowest BCUT2D eigenvalue weighted by molar-refractivity contribution is 0.1000. The van der Waals surface area contributed by atoms with Crippen molar-refractivity contribution < 1.29 is 9.00 Å². The van der Waals surface area contributed by atoms with Crippen LogP contribution in [-0.2, 0) is 16.6 Å². The number of amides is 1. The fourth-order valence-corrected chi connectivity index (χ4v) is 2.76. The molecule has 0 aromatic heterocycles. The number of rotatable bonds is 4. The summed E-state index contributed by atoms with van der Waals surface area (Å²) in [6, 6.07) is 13.8. The predicted molar refractivity (Wildman–Crippen MR) is 75.9 cm³/mol. The molecule has 0 aliphatic carbocycles. The number of carbonyl (C=O) groups is 1. The van der Waals surface area contributed by atoms with E-state index >= 15 is 0 Å². The quantitative estimate of drug-likeness (QED) is 0.832. The van der Waals surface area contributed by atoms with Crippen LogP contribution in [0.1, 0.15) is 15.9 Å². The van der Waals surface area contributed by atoms with Gasteiger partial charge in [0, 0.05) is 16.1 Å². The van der Waals surface area contributed by atoms with Crippen molar-refractivity contribution in [3.63, 3.8) is 0 Å². The number of primary amides is 1. The van der Waals surface area contributed by atoms with Crippen LogP contribution in [-0.4, -0.2) is 10.1 Å². The molecule has 4 N–H and O–H groups in total. The Kier molecular flexibility index (Phi) is 3.97. The topological polar surface area (TPSA) is 86.2 Å². The van der Waals surface area contributed by atoms with E-state index in [0.29, 0.717) is 21.9 Å². The fourth-order valence-electron chi connectivity index (χ4n) is 1.67. The van der Waals surface area contributed by atoms with E-state index in [1.165, 1.54) is 0 Å². The van der Waals surface area contributed by atoms with Crippen molar-refractivity contribution >= 4 is 22.4 Å². The van der Waals surface area contributed by atoms with Crippen molar-refractivity contribution in [2.45, 2.75) is 10.6 Å². The van der Waals surface area contributed by atoms with Crippen molar-refractivity contribution in [3.8, 4) is 0 Å². The van der Waals surface area contributed by atoms with Gasteiger partial charge in [-0.3, -0.25) is 9.00 Å². The van der Waals surface area contributed by atoms with Gasteiger partial charge < -0.3 is 11.5 Å². The predicted octanol–water partition coefficient (Wildman–Crippen LogP) is 1.68. The fraction of sp³-hybridized carbons (Fsp3) is 0.0714. The van der Waals surface area contributed by atoms with Crippen LogP contribution >= 0.6 is 0 Å². The van der Waals surface area contributed by atoms with Crippen LogP contribution in [0.25, 0.3) is 0 Å². The van der Waals surface area contributed by atoms with Crippen LogP contribution in [0, 0.1) is 0 Å². The lowest BCUT2D eigenvalue weighted by Gasteiger charge is -2.04. The number of nitrogens with two attached hydrogens (primary N) is 2. The number of benzene rings is 2. The zero-order valence-corrected chi connectivity index (χ0v) is 11.0. The molecule has 1 atom stereocenters. The number of carbonyl (C=O) groups excluding carboxylic acids is 1. The molecule has 0 spiro atoms. The monoisotopic (exact) mass is 274 g/mol. The zero-order valence-electron chi connectivity index (χ0n) is 10.2. The van der Waals surface area contributed by atoms with Crippen LogP contribution in [0.5, 0.6) is 0 Å². The summed E-state index contributed by atoms with van der Waals surface area (Å²) in [5.41, 5.74) is 12.7. The Bertz CT molecular complexity index is 624. The van der Waals surface area contributed by atoms with Gasteiger partial charge in [0.25, 0.3) is 0 Å². The Morgan fingerprint density at radius 1 is 1.11 bits per heavy atom. The summed E-state index contributed by atoms with van der Waals surface area (Å²) in [5, 5.41) is 0. The first-order valence-electron chi connectivity index (χ1n) is 5.69. The second-order valence-electron chi connectivity index (χ2n) is 4.12. The highest BCUT2D eigenvalue weighted by molar-refractivity contribution is 7.84. The van der Waals surface area contributed by atoms with Gasteiger partial charge in [-0.25, -0.2) is 0 Å².